The van der Waals surface area contributed by atoms with E-state index in [2.05, 4.69) is 41.2 Å². The van der Waals surface area contributed by atoms with Crippen LogP contribution in [0.2, 0.25) is 0 Å². The molecule has 0 aliphatic carbocycles. The van der Waals surface area contributed by atoms with Crippen LogP contribution >= 0.6 is 0 Å². The van der Waals surface area contributed by atoms with E-state index in [0.29, 0.717) is 0 Å². The van der Waals surface area contributed by atoms with Crippen LogP contribution in [0.4, 0.5) is 0 Å². The minimum atomic E-state index is -0.0414. The molecule has 0 aromatic carbocycles. The van der Waals surface area contributed by atoms with Crippen LogP contribution in [0.15, 0.2) is 12.7 Å². The monoisotopic (exact) mass is 156 g/mol. The van der Waals surface area contributed by atoms with Crippen molar-refractivity contribution in [3.63, 3.8) is 0 Å². The second-order valence-electron chi connectivity index (χ2n) is 4.59. The van der Waals surface area contributed by atoms with Gasteiger partial charge in [0.1, 0.15) is 0 Å². The highest BCUT2D eigenvalue weighted by molar-refractivity contribution is 4.87. The fraction of sp³-hybridized carbons (Fsp3) is 0.800. The van der Waals surface area contributed by atoms with Gasteiger partial charge in [0.15, 0.2) is 0 Å². The fourth-order valence-electron chi connectivity index (χ4n) is 0.461. The van der Waals surface area contributed by atoms with Crippen LogP contribution in [0.1, 0.15) is 34.6 Å². The standard InChI is InChI=1S/C10H20O/c1-7-10(5,6)8-11-9(2,3)4/h7H,1,8H2,2-6H3. The first-order valence-electron chi connectivity index (χ1n) is 4.04. The van der Waals surface area contributed by atoms with E-state index in [-0.39, 0.29) is 11.0 Å². The lowest BCUT2D eigenvalue weighted by atomic mass is 9.95. The Balaban J connectivity index is 3.79. The molecule has 0 radical (unpaired) electrons. The third-order valence-corrected chi connectivity index (χ3v) is 1.43. The largest absolute Gasteiger partial charge is 0.375 e. The highest BCUT2D eigenvalue weighted by Crippen LogP contribution is 2.19. The normalized spacial score (nSPS) is 13.2. The minimum absolute atomic E-state index is 0.0414. The van der Waals surface area contributed by atoms with Gasteiger partial charge in [-0.15, -0.1) is 6.58 Å². The van der Waals surface area contributed by atoms with Crippen LogP contribution in [0.25, 0.3) is 0 Å². The summed E-state index contributed by atoms with van der Waals surface area (Å²) in [7, 11) is 0. The van der Waals surface area contributed by atoms with Crippen molar-refractivity contribution in [3.05, 3.63) is 12.7 Å². The number of rotatable bonds is 3. The molecule has 66 valence electrons. The average molecular weight is 156 g/mol. The first-order valence-corrected chi connectivity index (χ1v) is 4.04. The Bertz CT molecular complexity index is 128. The third kappa shape index (κ3) is 6.11. The van der Waals surface area contributed by atoms with Crippen LogP contribution < -0.4 is 0 Å². The van der Waals surface area contributed by atoms with Gasteiger partial charge in [0, 0.05) is 5.41 Å². The van der Waals surface area contributed by atoms with Gasteiger partial charge in [0.25, 0.3) is 0 Å². The zero-order chi connectivity index (χ0) is 9.12. The maximum absolute atomic E-state index is 5.61. The van der Waals surface area contributed by atoms with Crippen molar-refractivity contribution in [2.24, 2.45) is 5.41 Å². The predicted octanol–water partition coefficient (Wildman–Crippen LogP) is 3.01. The lowest BCUT2D eigenvalue weighted by Crippen LogP contribution is -2.26. The molecule has 11 heavy (non-hydrogen) atoms. The number of ether oxygens (including phenoxy) is 1. The van der Waals surface area contributed by atoms with Gasteiger partial charge >= 0.3 is 0 Å². The first-order chi connectivity index (χ1) is 4.77. The van der Waals surface area contributed by atoms with Crippen molar-refractivity contribution < 1.29 is 4.74 Å². The second-order valence-corrected chi connectivity index (χ2v) is 4.59. The van der Waals surface area contributed by atoms with E-state index in [9.17, 15) is 0 Å². The SMILES string of the molecule is C=CC(C)(C)COC(C)(C)C. The number of hydrogen-bond donors (Lipinski definition) is 0. The molecule has 0 aliphatic heterocycles. The molecule has 0 unspecified atom stereocenters. The molecule has 0 saturated heterocycles. The lowest BCUT2D eigenvalue weighted by Gasteiger charge is -2.26. The molecule has 0 fully saturated rings. The molecule has 0 atom stereocenters. The Hall–Kier alpha value is -0.300. The van der Waals surface area contributed by atoms with Gasteiger partial charge in [-0.2, -0.15) is 0 Å². The van der Waals surface area contributed by atoms with Gasteiger partial charge in [0.05, 0.1) is 12.2 Å². The van der Waals surface area contributed by atoms with Gasteiger partial charge in [-0.05, 0) is 20.8 Å². The van der Waals surface area contributed by atoms with Crippen LogP contribution in [-0.4, -0.2) is 12.2 Å². The Kier molecular flexibility index (Phi) is 3.30. The van der Waals surface area contributed by atoms with Crippen molar-refractivity contribution in [3.8, 4) is 0 Å². The first kappa shape index (κ1) is 10.7. The van der Waals surface area contributed by atoms with E-state index in [4.69, 9.17) is 4.74 Å². The Labute approximate surface area is 70.4 Å². The molecule has 1 heteroatoms. The van der Waals surface area contributed by atoms with Crippen molar-refractivity contribution in [1.29, 1.82) is 0 Å². The lowest BCUT2D eigenvalue weighted by molar-refractivity contribution is -0.0315. The average Bonchev–Trinajstić information content (AvgIpc) is 1.83. The smallest absolute Gasteiger partial charge is 0.0598 e. The molecule has 0 aliphatic rings. The van der Waals surface area contributed by atoms with E-state index >= 15 is 0 Å². The van der Waals surface area contributed by atoms with Gasteiger partial charge < -0.3 is 4.74 Å². The van der Waals surface area contributed by atoms with Gasteiger partial charge in [-0.3, -0.25) is 0 Å². The summed E-state index contributed by atoms with van der Waals surface area (Å²) >= 11 is 0. The number of hydrogen-bond acceptors (Lipinski definition) is 1. The molecule has 0 amide bonds. The second kappa shape index (κ2) is 3.40. The summed E-state index contributed by atoms with van der Waals surface area (Å²) in [5.41, 5.74) is 0.0492. The quantitative estimate of drug-likeness (QED) is 0.571. The van der Waals surface area contributed by atoms with Crippen molar-refractivity contribution >= 4 is 0 Å². The maximum atomic E-state index is 5.61. The summed E-state index contributed by atoms with van der Waals surface area (Å²) < 4.78 is 5.61. The van der Waals surface area contributed by atoms with Gasteiger partial charge in [-0.1, -0.05) is 19.9 Å². The zero-order valence-electron chi connectivity index (χ0n) is 8.40. The summed E-state index contributed by atoms with van der Waals surface area (Å²) in [5.74, 6) is 0. The van der Waals surface area contributed by atoms with E-state index in [0.717, 1.165) is 6.61 Å². The molecule has 1 nitrogen and oxygen atoms in total. The minimum Gasteiger partial charge on any atom is -0.375 e. The van der Waals surface area contributed by atoms with Gasteiger partial charge in [-0.25, -0.2) is 0 Å². The molecular formula is C10H20O. The summed E-state index contributed by atoms with van der Waals surface area (Å²) in [6, 6.07) is 0. The highest BCUT2D eigenvalue weighted by Gasteiger charge is 2.18. The van der Waals surface area contributed by atoms with Crippen molar-refractivity contribution in [1.82, 2.24) is 0 Å². The summed E-state index contributed by atoms with van der Waals surface area (Å²) in [6.45, 7) is 14.9. The van der Waals surface area contributed by atoms with E-state index < -0.39 is 0 Å². The zero-order valence-corrected chi connectivity index (χ0v) is 8.40. The molecule has 0 heterocycles. The molecule has 0 saturated carbocycles. The highest BCUT2D eigenvalue weighted by atomic mass is 16.5. The molecule has 0 aromatic rings. The summed E-state index contributed by atoms with van der Waals surface area (Å²) in [6.07, 6.45) is 1.93. The van der Waals surface area contributed by atoms with Crippen LogP contribution in [-0.2, 0) is 4.74 Å². The van der Waals surface area contributed by atoms with E-state index in [1.165, 1.54) is 0 Å². The Morgan fingerprint density at radius 3 is 1.91 bits per heavy atom. The van der Waals surface area contributed by atoms with Crippen LogP contribution in [0.5, 0.6) is 0 Å². The third-order valence-electron chi connectivity index (χ3n) is 1.43. The summed E-state index contributed by atoms with van der Waals surface area (Å²) in [5, 5.41) is 0. The molecule has 0 aromatic heterocycles. The van der Waals surface area contributed by atoms with E-state index in [1.54, 1.807) is 0 Å². The molecular weight excluding hydrogens is 136 g/mol. The predicted molar refractivity (Wildman–Crippen MR) is 49.7 cm³/mol. The molecule has 0 spiro atoms. The molecule has 0 N–H and O–H groups in total. The topological polar surface area (TPSA) is 9.23 Å². The van der Waals surface area contributed by atoms with Crippen LogP contribution in [0.3, 0.4) is 0 Å². The fourth-order valence-corrected chi connectivity index (χ4v) is 0.461. The van der Waals surface area contributed by atoms with E-state index in [1.807, 2.05) is 6.08 Å². The van der Waals surface area contributed by atoms with Crippen molar-refractivity contribution in [2.45, 2.75) is 40.2 Å². The van der Waals surface area contributed by atoms with Gasteiger partial charge in [0.2, 0.25) is 0 Å². The molecule has 0 rings (SSSR count). The Morgan fingerprint density at radius 2 is 1.64 bits per heavy atom. The van der Waals surface area contributed by atoms with Crippen molar-refractivity contribution in [2.75, 3.05) is 6.61 Å². The van der Waals surface area contributed by atoms with Crippen LogP contribution in [0, 0.1) is 5.41 Å². The maximum Gasteiger partial charge on any atom is 0.0598 e. The Morgan fingerprint density at radius 1 is 1.18 bits per heavy atom. The summed E-state index contributed by atoms with van der Waals surface area (Å²) in [4.78, 5) is 0. The molecule has 0 bridgehead atoms.